The van der Waals surface area contributed by atoms with Crippen LogP contribution in [0.15, 0.2) is 0 Å². The van der Waals surface area contributed by atoms with Gasteiger partial charge < -0.3 is 27.6 Å². The Morgan fingerprint density at radius 1 is 0.571 bits per heavy atom. The summed E-state index contributed by atoms with van der Waals surface area (Å²) in [5.41, 5.74) is -3.22. The Morgan fingerprint density at radius 2 is 0.816 bits per heavy atom. The van der Waals surface area contributed by atoms with Crippen LogP contribution < -0.4 is 0 Å². The lowest BCUT2D eigenvalue weighted by Gasteiger charge is -2.53. The van der Waals surface area contributed by atoms with Crippen LogP contribution in [0.4, 0.5) is 0 Å². The zero-order valence-electron chi connectivity index (χ0n) is 33.0. The average molecular weight is 739 g/mol. The fourth-order valence-electron chi connectivity index (χ4n) is 7.65. The lowest BCUT2D eigenvalue weighted by atomic mass is 9.77. The van der Waals surface area contributed by atoms with Gasteiger partial charge in [-0.2, -0.15) is 0 Å². The summed E-state index contributed by atoms with van der Waals surface area (Å²) in [6.07, 6.45) is 0.0842. The first-order valence-corrected chi connectivity index (χ1v) is 21.5. The van der Waals surface area contributed by atoms with Crippen molar-refractivity contribution >= 4 is 27.1 Å². The lowest BCUT2D eigenvalue weighted by molar-refractivity contribution is -0.188. The van der Waals surface area contributed by atoms with E-state index in [1.807, 2.05) is 0 Å². The van der Waals surface area contributed by atoms with E-state index in [1.54, 1.807) is 27.7 Å². The minimum Gasteiger partial charge on any atom is -0.461 e. The fourth-order valence-corrected chi connectivity index (χ4v) is 11.2. The van der Waals surface area contributed by atoms with Crippen molar-refractivity contribution in [2.45, 2.75) is 156 Å². The first-order chi connectivity index (χ1) is 22.4. The second kappa shape index (κ2) is 16.9. The number of piperidine rings is 2. The van der Waals surface area contributed by atoms with E-state index in [0.29, 0.717) is 25.7 Å². The van der Waals surface area contributed by atoms with Gasteiger partial charge in [0, 0.05) is 47.8 Å². The van der Waals surface area contributed by atoms with E-state index in [9.17, 15) is 18.7 Å². The molecule has 2 aliphatic rings. The van der Waals surface area contributed by atoms with E-state index in [4.69, 9.17) is 27.6 Å². The third kappa shape index (κ3) is 11.1. The predicted molar refractivity (Wildman–Crippen MR) is 193 cm³/mol. The van der Waals surface area contributed by atoms with Gasteiger partial charge in [0.15, 0.2) is 5.41 Å². The predicted octanol–water partition coefficient (Wildman–Crippen LogP) is 7.67. The Balaban J connectivity index is 2.69. The quantitative estimate of drug-likeness (QED) is 0.0777. The second-order valence-electron chi connectivity index (χ2n) is 16.2. The van der Waals surface area contributed by atoms with Crippen molar-refractivity contribution in [2.24, 2.45) is 5.41 Å². The molecule has 0 unspecified atom stereocenters. The molecule has 2 aliphatic heterocycles. The molecule has 288 valence electrons. The van der Waals surface area contributed by atoms with Crippen LogP contribution in [0.5, 0.6) is 0 Å². The number of hydrogen-bond acceptors (Lipinski definition) is 12. The maximum absolute atomic E-state index is 14.8. The highest BCUT2D eigenvalue weighted by molar-refractivity contribution is 7.54. The molecule has 12 nitrogen and oxygen atoms in total. The summed E-state index contributed by atoms with van der Waals surface area (Å²) in [5, 5.41) is 0. The Bertz CT molecular complexity index is 1070. The van der Waals surface area contributed by atoms with Crippen molar-refractivity contribution in [3.05, 3.63) is 0 Å². The topological polar surface area (TPSA) is 130 Å². The van der Waals surface area contributed by atoms with Crippen molar-refractivity contribution in [1.29, 1.82) is 0 Å². The van der Waals surface area contributed by atoms with Gasteiger partial charge in [0.2, 0.25) is 0 Å². The zero-order chi connectivity index (χ0) is 37.7. The highest BCUT2D eigenvalue weighted by atomic mass is 31.2. The van der Waals surface area contributed by atoms with Gasteiger partial charge in [-0.25, -0.2) is 0 Å². The molecular formula is C35H68N2O10P2. The molecule has 0 amide bonds. The van der Waals surface area contributed by atoms with Gasteiger partial charge in [-0.05, 0) is 110 Å². The molecule has 2 rings (SSSR count). The van der Waals surface area contributed by atoms with E-state index in [0.717, 1.165) is 0 Å². The zero-order valence-corrected chi connectivity index (χ0v) is 34.8. The molecule has 0 N–H and O–H groups in total. The first-order valence-electron chi connectivity index (χ1n) is 18.0. The molecule has 0 spiro atoms. The molecule has 2 saturated heterocycles. The third-order valence-corrected chi connectivity index (χ3v) is 14.9. The highest BCUT2D eigenvalue weighted by Crippen LogP contribution is 2.55. The molecule has 0 radical (unpaired) electrons. The third-order valence-electron chi connectivity index (χ3n) is 10.8. The Hall–Kier alpha value is -0.840. The number of carbonyl (C=O) groups excluding carboxylic acids is 2. The lowest BCUT2D eigenvalue weighted by Crippen LogP contribution is -2.61. The minimum absolute atomic E-state index is 0.114. The second-order valence-corrected chi connectivity index (χ2v) is 20.5. The van der Waals surface area contributed by atoms with Gasteiger partial charge in [0.1, 0.15) is 12.2 Å². The van der Waals surface area contributed by atoms with Gasteiger partial charge in [0.05, 0.1) is 38.8 Å². The molecule has 0 atom stereocenters. The van der Waals surface area contributed by atoms with Crippen LogP contribution in [0, 0.1) is 5.41 Å². The average Bonchev–Trinajstić information content (AvgIpc) is 2.94. The van der Waals surface area contributed by atoms with Crippen LogP contribution >= 0.6 is 15.2 Å². The van der Waals surface area contributed by atoms with Crippen LogP contribution in [-0.2, 0) is 46.3 Å². The van der Waals surface area contributed by atoms with Crippen molar-refractivity contribution in [3.8, 4) is 0 Å². The summed E-state index contributed by atoms with van der Waals surface area (Å²) < 4.78 is 62.7. The molecule has 49 heavy (non-hydrogen) atoms. The first kappa shape index (κ1) is 44.3. The van der Waals surface area contributed by atoms with Crippen LogP contribution in [-0.4, -0.2) is 109 Å². The number of nitrogens with zero attached hydrogens (tertiary/aromatic N) is 2. The van der Waals surface area contributed by atoms with Gasteiger partial charge in [-0.15, -0.1) is 0 Å². The molecule has 0 aromatic heterocycles. The summed E-state index contributed by atoms with van der Waals surface area (Å²) in [7, 11) is -3.35. The molecule has 0 aliphatic carbocycles. The van der Waals surface area contributed by atoms with E-state index >= 15 is 0 Å². The smallest absolute Gasteiger partial charge is 0.330 e. The monoisotopic (exact) mass is 738 g/mol. The van der Waals surface area contributed by atoms with Crippen LogP contribution in [0.3, 0.4) is 0 Å². The van der Waals surface area contributed by atoms with E-state index in [1.165, 1.54) is 0 Å². The van der Waals surface area contributed by atoms with E-state index in [-0.39, 0.29) is 73.7 Å². The van der Waals surface area contributed by atoms with Crippen LogP contribution in [0.1, 0.15) is 122 Å². The number of likely N-dealkylation sites (tertiary alicyclic amines) is 2. The summed E-state index contributed by atoms with van der Waals surface area (Å²) in [6.45, 7) is 24.1. The normalized spacial score (nSPS) is 22.2. The Morgan fingerprint density at radius 3 is 1.04 bits per heavy atom. The molecule has 14 heteroatoms. The highest BCUT2D eigenvalue weighted by Gasteiger charge is 2.55. The number of hydrogen-bond donors (Lipinski definition) is 0. The SMILES string of the molecule is CCOP(=O)(CCC(CCP(=O)(OCC)OCC)(C(=O)OC1CC(C)(C)N(C)C(C)(C)C1)C(=O)OC1CC(C)(C)N(C)C(C)(C)C1)OCC. The Kier molecular flexibility index (Phi) is 15.3. The van der Waals surface area contributed by atoms with Crippen molar-refractivity contribution < 1.29 is 46.3 Å². The largest absolute Gasteiger partial charge is 0.461 e. The van der Waals surface area contributed by atoms with Crippen molar-refractivity contribution in [2.75, 3.05) is 52.8 Å². The molecule has 0 aromatic rings. The van der Waals surface area contributed by atoms with Gasteiger partial charge in [0.25, 0.3) is 0 Å². The van der Waals surface area contributed by atoms with E-state index < -0.39 is 44.8 Å². The van der Waals surface area contributed by atoms with Crippen molar-refractivity contribution in [3.63, 3.8) is 0 Å². The van der Waals surface area contributed by atoms with Gasteiger partial charge in [-0.1, -0.05) is 0 Å². The minimum atomic E-state index is -3.73. The summed E-state index contributed by atoms with van der Waals surface area (Å²) in [4.78, 5) is 34.2. The maximum Gasteiger partial charge on any atom is 0.330 e. The fraction of sp³-hybridized carbons (Fsp3) is 0.943. The summed E-state index contributed by atoms with van der Waals surface area (Å²) >= 11 is 0. The molecule has 0 bridgehead atoms. The number of rotatable bonds is 18. The summed E-state index contributed by atoms with van der Waals surface area (Å²) in [6, 6.07) is 0. The molecule has 0 aromatic carbocycles. The number of carbonyl (C=O) groups is 2. The standard InChI is InChI=1S/C35H68N2O10P2/c1-15-42-48(40,43-16-2)21-19-35(20-22-49(41,44-17-3)45-18-4,29(38)46-27-23-31(5,6)36(13)32(7,8)24-27)30(39)47-28-25-33(9,10)37(14)34(11,12)26-28/h27-28H,15-26H2,1-14H3. The molecular weight excluding hydrogens is 670 g/mol. The van der Waals surface area contributed by atoms with Crippen LogP contribution in [0.25, 0.3) is 0 Å². The maximum atomic E-state index is 14.8. The molecule has 2 fully saturated rings. The van der Waals surface area contributed by atoms with Gasteiger partial charge >= 0.3 is 27.1 Å². The van der Waals surface area contributed by atoms with E-state index in [2.05, 4.69) is 79.3 Å². The molecule has 0 saturated carbocycles. The Labute approximate surface area is 297 Å². The number of esters is 2. The van der Waals surface area contributed by atoms with Crippen molar-refractivity contribution in [1.82, 2.24) is 9.80 Å². The number of ether oxygens (including phenoxy) is 2. The molecule has 2 heterocycles. The van der Waals surface area contributed by atoms with Gasteiger partial charge in [-0.3, -0.25) is 28.5 Å². The summed E-state index contributed by atoms with van der Waals surface area (Å²) in [5.74, 6) is -1.60. The van der Waals surface area contributed by atoms with Crippen LogP contribution in [0.2, 0.25) is 0 Å².